The van der Waals surface area contributed by atoms with Gasteiger partial charge >= 0.3 is 0 Å². The second-order valence-electron chi connectivity index (χ2n) is 7.28. The Hall–Kier alpha value is -1.56. The van der Waals surface area contributed by atoms with E-state index in [0.29, 0.717) is 5.69 Å². The molecule has 1 aliphatic rings. The molecule has 6 heteroatoms. The zero-order valence-corrected chi connectivity index (χ0v) is 16.6. The predicted molar refractivity (Wildman–Crippen MR) is 102 cm³/mol. The van der Waals surface area contributed by atoms with Crippen LogP contribution in [0.25, 0.3) is 0 Å². The normalized spacial score (nSPS) is 16.0. The number of anilines is 1. The van der Waals surface area contributed by atoms with Gasteiger partial charge in [-0.25, -0.2) is 8.42 Å². The van der Waals surface area contributed by atoms with Gasteiger partial charge in [0.15, 0.2) is 0 Å². The third kappa shape index (κ3) is 4.97. The van der Waals surface area contributed by atoms with Crippen molar-refractivity contribution in [2.75, 3.05) is 24.2 Å². The van der Waals surface area contributed by atoms with E-state index in [1.54, 1.807) is 18.0 Å². The lowest BCUT2D eigenvalue weighted by Gasteiger charge is -2.33. The van der Waals surface area contributed by atoms with Gasteiger partial charge in [0.1, 0.15) is 6.54 Å². The average Bonchev–Trinajstić information content (AvgIpc) is 2.58. The SMILES string of the molecule is CC(C)c1ccccc1N(CC(=O)N(C)C1CCCCC1)S(C)(=O)=O. The minimum Gasteiger partial charge on any atom is -0.341 e. The van der Waals surface area contributed by atoms with E-state index in [0.717, 1.165) is 37.5 Å². The van der Waals surface area contributed by atoms with Gasteiger partial charge in [0, 0.05) is 13.1 Å². The Labute approximate surface area is 152 Å². The Balaban J connectivity index is 2.26. The maximum absolute atomic E-state index is 12.8. The molecule has 140 valence electrons. The van der Waals surface area contributed by atoms with E-state index < -0.39 is 10.0 Å². The van der Waals surface area contributed by atoms with E-state index in [9.17, 15) is 13.2 Å². The van der Waals surface area contributed by atoms with Crippen LogP contribution in [0.1, 0.15) is 57.4 Å². The highest BCUT2D eigenvalue weighted by Gasteiger charge is 2.28. The standard InChI is InChI=1S/C19H30N2O3S/c1-15(2)17-12-8-9-13-18(17)21(25(4,23)24)14-19(22)20(3)16-10-6-5-7-11-16/h8-9,12-13,15-16H,5-7,10-11,14H2,1-4H3. The largest absolute Gasteiger partial charge is 0.341 e. The molecule has 0 aliphatic heterocycles. The lowest BCUT2D eigenvalue weighted by atomic mass is 9.94. The summed E-state index contributed by atoms with van der Waals surface area (Å²) in [6.07, 6.45) is 6.66. The molecule has 1 aromatic carbocycles. The number of hydrogen-bond acceptors (Lipinski definition) is 3. The summed E-state index contributed by atoms with van der Waals surface area (Å²) in [5, 5.41) is 0. The maximum atomic E-state index is 12.8. The molecule has 0 N–H and O–H groups in total. The highest BCUT2D eigenvalue weighted by Crippen LogP contribution is 2.29. The summed E-state index contributed by atoms with van der Waals surface area (Å²) in [6.45, 7) is 3.90. The molecular formula is C19H30N2O3S. The molecule has 1 amide bonds. The molecule has 1 aromatic rings. The Morgan fingerprint density at radius 2 is 1.76 bits per heavy atom. The zero-order valence-electron chi connectivity index (χ0n) is 15.7. The second-order valence-corrected chi connectivity index (χ2v) is 9.19. The van der Waals surface area contributed by atoms with Gasteiger partial charge < -0.3 is 4.90 Å². The van der Waals surface area contributed by atoms with Gasteiger partial charge in [0.2, 0.25) is 15.9 Å². The molecule has 0 saturated heterocycles. The number of amides is 1. The fourth-order valence-electron chi connectivity index (χ4n) is 3.49. The summed E-state index contributed by atoms with van der Waals surface area (Å²) in [5.74, 6) is 0.0301. The van der Waals surface area contributed by atoms with Gasteiger partial charge in [0.25, 0.3) is 0 Å². The second kappa shape index (κ2) is 8.21. The van der Waals surface area contributed by atoms with Crippen LogP contribution in [0.15, 0.2) is 24.3 Å². The molecule has 5 nitrogen and oxygen atoms in total. The third-order valence-electron chi connectivity index (χ3n) is 5.02. The van der Waals surface area contributed by atoms with Crippen LogP contribution in [-0.4, -0.2) is 45.1 Å². The Bertz CT molecular complexity index is 694. The van der Waals surface area contributed by atoms with Crippen LogP contribution in [0, 0.1) is 0 Å². The summed E-state index contributed by atoms with van der Waals surface area (Å²) in [5.41, 5.74) is 1.53. The van der Waals surface area contributed by atoms with Crippen molar-refractivity contribution in [1.29, 1.82) is 0 Å². The van der Waals surface area contributed by atoms with Crippen molar-refractivity contribution in [2.24, 2.45) is 0 Å². The summed E-state index contributed by atoms with van der Waals surface area (Å²) in [4.78, 5) is 14.5. The van der Waals surface area contributed by atoms with Crippen molar-refractivity contribution in [3.63, 3.8) is 0 Å². The number of benzene rings is 1. The van der Waals surface area contributed by atoms with Gasteiger partial charge in [-0.15, -0.1) is 0 Å². The van der Waals surface area contributed by atoms with E-state index in [2.05, 4.69) is 0 Å². The zero-order chi connectivity index (χ0) is 18.6. The van der Waals surface area contributed by atoms with Crippen LogP contribution in [-0.2, 0) is 14.8 Å². The van der Waals surface area contributed by atoms with Gasteiger partial charge in [-0.1, -0.05) is 51.3 Å². The van der Waals surface area contributed by atoms with Gasteiger partial charge in [0.05, 0.1) is 11.9 Å². The van der Waals surface area contributed by atoms with Crippen molar-refractivity contribution in [3.8, 4) is 0 Å². The Morgan fingerprint density at radius 1 is 1.16 bits per heavy atom. The predicted octanol–water partition coefficient (Wildman–Crippen LogP) is 3.37. The first-order valence-corrected chi connectivity index (χ1v) is 10.9. The average molecular weight is 367 g/mol. The van der Waals surface area contributed by atoms with Crippen LogP contribution in [0.3, 0.4) is 0 Å². The number of likely N-dealkylation sites (N-methyl/N-ethyl adjacent to an activating group) is 1. The summed E-state index contributed by atoms with van der Waals surface area (Å²) in [6, 6.07) is 7.64. The molecule has 1 aliphatic carbocycles. The molecule has 0 radical (unpaired) electrons. The molecule has 25 heavy (non-hydrogen) atoms. The van der Waals surface area contributed by atoms with Crippen molar-refractivity contribution in [1.82, 2.24) is 4.90 Å². The van der Waals surface area contributed by atoms with Gasteiger partial charge in [-0.3, -0.25) is 9.10 Å². The number of carbonyl (C=O) groups excluding carboxylic acids is 1. The highest BCUT2D eigenvalue weighted by atomic mass is 32.2. The molecule has 0 spiro atoms. The summed E-state index contributed by atoms with van der Waals surface area (Å²) < 4.78 is 26.0. The van der Waals surface area contributed by atoms with Crippen LogP contribution >= 0.6 is 0 Å². The van der Waals surface area contributed by atoms with Crippen LogP contribution < -0.4 is 4.31 Å². The van der Waals surface area contributed by atoms with E-state index in [1.165, 1.54) is 10.7 Å². The fraction of sp³-hybridized carbons (Fsp3) is 0.632. The van der Waals surface area contributed by atoms with Crippen LogP contribution in [0.5, 0.6) is 0 Å². The van der Waals surface area contributed by atoms with Gasteiger partial charge in [-0.2, -0.15) is 0 Å². The Morgan fingerprint density at radius 3 is 2.32 bits per heavy atom. The fourth-order valence-corrected chi connectivity index (χ4v) is 4.36. The molecular weight excluding hydrogens is 336 g/mol. The van der Waals surface area contributed by atoms with E-state index in [4.69, 9.17) is 0 Å². The maximum Gasteiger partial charge on any atom is 0.243 e. The van der Waals surface area contributed by atoms with E-state index in [-0.39, 0.29) is 24.4 Å². The first-order valence-electron chi connectivity index (χ1n) is 9.04. The van der Waals surface area contributed by atoms with Crippen molar-refractivity contribution < 1.29 is 13.2 Å². The quantitative estimate of drug-likeness (QED) is 0.776. The molecule has 0 atom stereocenters. The number of rotatable bonds is 6. The minimum absolute atomic E-state index is 0.143. The lowest BCUT2D eigenvalue weighted by Crippen LogP contribution is -2.45. The molecule has 0 heterocycles. The first kappa shape index (κ1) is 19.8. The molecule has 0 unspecified atom stereocenters. The topological polar surface area (TPSA) is 57.7 Å². The van der Waals surface area contributed by atoms with Crippen molar-refractivity contribution in [2.45, 2.75) is 57.9 Å². The molecule has 0 bridgehead atoms. The monoisotopic (exact) mass is 366 g/mol. The number of carbonyl (C=O) groups is 1. The van der Waals surface area contributed by atoms with E-state index in [1.807, 2.05) is 32.0 Å². The smallest absolute Gasteiger partial charge is 0.243 e. The molecule has 2 rings (SSSR count). The van der Waals surface area contributed by atoms with Crippen LogP contribution in [0.4, 0.5) is 5.69 Å². The third-order valence-corrected chi connectivity index (χ3v) is 6.15. The molecule has 1 saturated carbocycles. The Kier molecular flexibility index (Phi) is 6.49. The molecule has 1 fully saturated rings. The number of sulfonamides is 1. The minimum atomic E-state index is -3.55. The first-order chi connectivity index (χ1) is 11.7. The van der Waals surface area contributed by atoms with Gasteiger partial charge in [-0.05, 0) is 30.4 Å². The van der Waals surface area contributed by atoms with E-state index >= 15 is 0 Å². The summed E-state index contributed by atoms with van der Waals surface area (Å²) in [7, 11) is -1.75. The van der Waals surface area contributed by atoms with Crippen molar-refractivity contribution >= 4 is 21.6 Å². The van der Waals surface area contributed by atoms with Crippen molar-refractivity contribution in [3.05, 3.63) is 29.8 Å². The lowest BCUT2D eigenvalue weighted by molar-refractivity contribution is -0.130. The molecule has 0 aromatic heterocycles. The summed E-state index contributed by atoms with van der Waals surface area (Å²) >= 11 is 0. The number of nitrogens with zero attached hydrogens (tertiary/aromatic N) is 2. The highest BCUT2D eigenvalue weighted by molar-refractivity contribution is 7.92. The van der Waals surface area contributed by atoms with Crippen LogP contribution in [0.2, 0.25) is 0 Å². The number of para-hydroxylation sites is 1. The number of hydrogen-bond donors (Lipinski definition) is 0.